The van der Waals surface area contributed by atoms with Crippen LogP contribution in [0.4, 0.5) is 8.78 Å². The summed E-state index contributed by atoms with van der Waals surface area (Å²) in [5.74, 6) is 0. The highest BCUT2D eigenvalue weighted by atomic mass is 19.3. The molecule has 2 fully saturated rings. The standard InChI is InChI=1S/C9H15F2NO/c10-8(11)7-1-2-9(13-7)3-5-12-6-4-9/h7-8,12H,1-6H2. The van der Waals surface area contributed by atoms with E-state index in [4.69, 9.17) is 4.74 Å². The van der Waals surface area contributed by atoms with Gasteiger partial charge < -0.3 is 10.1 Å². The molecule has 13 heavy (non-hydrogen) atoms. The van der Waals surface area contributed by atoms with Gasteiger partial charge in [-0.15, -0.1) is 0 Å². The highest BCUT2D eigenvalue weighted by molar-refractivity contribution is 4.93. The molecule has 0 amide bonds. The van der Waals surface area contributed by atoms with E-state index in [1.807, 2.05) is 0 Å². The van der Waals surface area contributed by atoms with E-state index >= 15 is 0 Å². The van der Waals surface area contributed by atoms with Gasteiger partial charge in [0.1, 0.15) is 6.10 Å². The molecule has 1 N–H and O–H groups in total. The second-order valence-corrected chi connectivity index (χ2v) is 3.96. The first-order valence-electron chi connectivity index (χ1n) is 4.89. The van der Waals surface area contributed by atoms with Gasteiger partial charge in [0.05, 0.1) is 5.60 Å². The Morgan fingerprint density at radius 1 is 1.23 bits per heavy atom. The minimum absolute atomic E-state index is 0.216. The van der Waals surface area contributed by atoms with Crippen LogP contribution in [0.25, 0.3) is 0 Å². The van der Waals surface area contributed by atoms with Gasteiger partial charge in [-0.25, -0.2) is 8.78 Å². The van der Waals surface area contributed by atoms with Gasteiger partial charge in [0.15, 0.2) is 0 Å². The number of hydrogen-bond donors (Lipinski definition) is 1. The van der Waals surface area contributed by atoms with Crippen LogP contribution < -0.4 is 5.32 Å². The first-order chi connectivity index (χ1) is 6.22. The van der Waals surface area contributed by atoms with E-state index in [1.54, 1.807) is 0 Å². The summed E-state index contributed by atoms with van der Waals surface area (Å²) in [6.45, 7) is 1.80. The van der Waals surface area contributed by atoms with Crippen molar-refractivity contribution in [3.8, 4) is 0 Å². The number of ether oxygens (including phenoxy) is 1. The zero-order chi connectivity index (χ0) is 9.31. The molecule has 0 radical (unpaired) electrons. The van der Waals surface area contributed by atoms with Crippen molar-refractivity contribution >= 4 is 0 Å². The molecule has 0 bridgehead atoms. The van der Waals surface area contributed by atoms with Gasteiger partial charge in [0, 0.05) is 0 Å². The third-order valence-corrected chi connectivity index (χ3v) is 3.08. The van der Waals surface area contributed by atoms with Crippen LogP contribution >= 0.6 is 0 Å². The molecule has 2 heterocycles. The van der Waals surface area contributed by atoms with Crippen molar-refractivity contribution in [2.75, 3.05) is 13.1 Å². The maximum atomic E-state index is 12.3. The fourth-order valence-corrected chi connectivity index (χ4v) is 2.27. The van der Waals surface area contributed by atoms with Crippen molar-refractivity contribution in [2.45, 2.75) is 43.8 Å². The summed E-state index contributed by atoms with van der Waals surface area (Å²) >= 11 is 0. The van der Waals surface area contributed by atoms with Crippen molar-refractivity contribution < 1.29 is 13.5 Å². The Hall–Kier alpha value is -0.220. The van der Waals surface area contributed by atoms with Gasteiger partial charge in [-0.3, -0.25) is 0 Å². The van der Waals surface area contributed by atoms with Crippen molar-refractivity contribution in [2.24, 2.45) is 0 Å². The molecule has 0 saturated carbocycles. The number of rotatable bonds is 1. The van der Waals surface area contributed by atoms with E-state index in [9.17, 15) is 8.78 Å². The van der Waals surface area contributed by atoms with E-state index in [1.165, 1.54) is 0 Å². The minimum Gasteiger partial charge on any atom is -0.366 e. The minimum atomic E-state index is -2.31. The first kappa shape index (κ1) is 9.34. The van der Waals surface area contributed by atoms with Crippen LogP contribution in [-0.4, -0.2) is 31.2 Å². The lowest BCUT2D eigenvalue weighted by molar-refractivity contribution is -0.110. The molecule has 1 unspecified atom stereocenters. The monoisotopic (exact) mass is 191 g/mol. The maximum Gasteiger partial charge on any atom is 0.264 e. The predicted octanol–water partition coefficient (Wildman–Crippen LogP) is 1.55. The number of hydrogen-bond acceptors (Lipinski definition) is 2. The summed E-state index contributed by atoms with van der Waals surface area (Å²) in [5.41, 5.74) is -0.216. The topological polar surface area (TPSA) is 21.3 Å². The SMILES string of the molecule is FC(F)C1CCC2(CCNCC2)O1. The molecule has 0 aliphatic carbocycles. The zero-order valence-corrected chi connectivity index (χ0v) is 7.56. The Morgan fingerprint density at radius 2 is 1.92 bits per heavy atom. The maximum absolute atomic E-state index is 12.3. The van der Waals surface area contributed by atoms with Crippen molar-refractivity contribution in [1.29, 1.82) is 0 Å². The predicted molar refractivity (Wildman–Crippen MR) is 44.9 cm³/mol. The molecule has 2 rings (SSSR count). The van der Waals surface area contributed by atoms with Crippen LogP contribution in [0.1, 0.15) is 25.7 Å². The molecular weight excluding hydrogens is 176 g/mol. The summed E-state index contributed by atoms with van der Waals surface area (Å²) in [4.78, 5) is 0. The van der Waals surface area contributed by atoms with E-state index in [-0.39, 0.29) is 5.60 Å². The zero-order valence-electron chi connectivity index (χ0n) is 7.56. The van der Waals surface area contributed by atoms with Crippen LogP contribution in [0.15, 0.2) is 0 Å². The fourth-order valence-electron chi connectivity index (χ4n) is 2.27. The number of alkyl halides is 2. The molecule has 2 aliphatic heterocycles. The highest BCUT2D eigenvalue weighted by Crippen LogP contribution is 2.38. The number of piperidine rings is 1. The van der Waals surface area contributed by atoms with Gasteiger partial charge in [-0.1, -0.05) is 0 Å². The molecule has 1 spiro atoms. The molecule has 0 aromatic carbocycles. The summed E-state index contributed by atoms with van der Waals surface area (Å²) in [7, 11) is 0. The number of halogens is 2. The Morgan fingerprint density at radius 3 is 2.46 bits per heavy atom. The third kappa shape index (κ3) is 1.83. The lowest BCUT2D eigenvalue weighted by Gasteiger charge is -2.33. The van der Waals surface area contributed by atoms with Crippen LogP contribution in [0.3, 0.4) is 0 Å². The van der Waals surface area contributed by atoms with Gasteiger partial charge in [-0.2, -0.15) is 0 Å². The number of nitrogens with one attached hydrogen (secondary N) is 1. The molecule has 4 heteroatoms. The van der Waals surface area contributed by atoms with Crippen molar-refractivity contribution in [3.05, 3.63) is 0 Å². The Balaban J connectivity index is 1.94. The molecule has 0 aromatic heterocycles. The second kappa shape index (κ2) is 3.50. The lowest BCUT2D eigenvalue weighted by Crippen LogP contribution is -2.42. The summed E-state index contributed by atoms with van der Waals surface area (Å²) in [6.07, 6.45) is -0.0132. The molecule has 0 aromatic rings. The van der Waals surface area contributed by atoms with Crippen LogP contribution in [0, 0.1) is 0 Å². The van der Waals surface area contributed by atoms with E-state index in [0.717, 1.165) is 32.4 Å². The van der Waals surface area contributed by atoms with Gasteiger partial charge in [-0.05, 0) is 38.8 Å². The average Bonchev–Trinajstić information content (AvgIpc) is 2.51. The van der Waals surface area contributed by atoms with E-state index in [0.29, 0.717) is 6.42 Å². The summed E-state index contributed by atoms with van der Waals surface area (Å²) in [6, 6.07) is 0. The molecule has 1 atom stereocenters. The van der Waals surface area contributed by atoms with Gasteiger partial charge in [0.25, 0.3) is 6.43 Å². The Kier molecular flexibility index (Phi) is 2.51. The lowest BCUT2D eigenvalue weighted by atomic mass is 9.89. The second-order valence-electron chi connectivity index (χ2n) is 3.96. The Bertz CT molecular complexity index is 180. The van der Waals surface area contributed by atoms with Gasteiger partial charge in [0.2, 0.25) is 0 Å². The average molecular weight is 191 g/mol. The van der Waals surface area contributed by atoms with Crippen molar-refractivity contribution in [3.63, 3.8) is 0 Å². The smallest absolute Gasteiger partial charge is 0.264 e. The summed E-state index contributed by atoms with van der Waals surface area (Å²) < 4.78 is 30.1. The molecule has 76 valence electrons. The van der Waals surface area contributed by atoms with Gasteiger partial charge >= 0.3 is 0 Å². The quantitative estimate of drug-likeness (QED) is 0.679. The van der Waals surface area contributed by atoms with Crippen LogP contribution in [0.5, 0.6) is 0 Å². The van der Waals surface area contributed by atoms with Crippen LogP contribution in [-0.2, 0) is 4.74 Å². The van der Waals surface area contributed by atoms with Crippen molar-refractivity contribution in [1.82, 2.24) is 5.32 Å². The summed E-state index contributed by atoms with van der Waals surface area (Å²) in [5, 5.41) is 3.21. The van der Waals surface area contributed by atoms with Crippen LogP contribution in [0.2, 0.25) is 0 Å². The van der Waals surface area contributed by atoms with E-state index in [2.05, 4.69) is 5.32 Å². The first-order valence-corrected chi connectivity index (χ1v) is 4.89. The molecule has 2 saturated heterocycles. The molecule has 2 aliphatic rings. The third-order valence-electron chi connectivity index (χ3n) is 3.08. The molecule has 2 nitrogen and oxygen atoms in total. The highest BCUT2D eigenvalue weighted by Gasteiger charge is 2.43. The fraction of sp³-hybridized carbons (Fsp3) is 1.00. The molecular formula is C9H15F2NO. The normalized spacial score (nSPS) is 33.0. The largest absolute Gasteiger partial charge is 0.366 e. The Labute approximate surface area is 76.6 Å². The van der Waals surface area contributed by atoms with E-state index < -0.39 is 12.5 Å².